The third-order valence-corrected chi connectivity index (χ3v) is 6.34. The minimum atomic E-state index is -0.795. The summed E-state index contributed by atoms with van der Waals surface area (Å²) in [6.45, 7) is 1.86. The number of ketones is 1. The van der Waals surface area contributed by atoms with Crippen LogP contribution in [0.3, 0.4) is 0 Å². The summed E-state index contributed by atoms with van der Waals surface area (Å²) >= 11 is 7.55. The molecule has 0 radical (unpaired) electrons. The van der Waals surface area contributed by atoms with E-state index in [0.717, 1.165) is 5.56 Å². The fourth-order valence-electron chi connectivity index (χ4n) is 3.48. The van der Waals surface area contributed by atoms with Crippen molar-refractivity contribution in [2.24, 2.45) is 0 Å². The average Bonchev–Trinajstić information content (AvgIpc) is 3.38. The van der Waals surface area contributed by atoms with E-state index in [4.69, 9.17) is 16.3 Å². The van der Waals surface area contributed by atoms with E-state index < -0.39 is 17.7 Å². The van der Waals surface area contributed by atoms with E-state index in [1.54, 1.807) is 67.1 Å². The molecule has 0 aliphatic carbocycles. The minimum absolute atomic E-state index is 0.0457. The highest BCUT2D eigenvalue weighted by Gasteiger charge is 2.44. The Hall–Kier alpha value is -3.09. The molecule has 1 aliphatic rings. The number of aryl methyl sites for hydroxylation is 1. The molecule has 1 N–H and O–H groups in total. The van der Waals surface area contributed by atoms with Gasteiger partial charge in [-0.25, -0.2) is 0 Å². The van der Waals surface area contributed by atoms with Gasteiger partial charge in [-0.2, -0.15) is 0 Å². The number of amides is 1. The predicted octanol–water partition coefficient (Wildman–Crippen LogP) is 5.50. The van der Waals surface area contributed by atoms with Crippen molar-refractivity contribution in [3.8, 4) is 5.75 Å². The zero-order chi connectivity index (χ0) is 21.4. The van der Waals surface area contributed by atoms with Crippen molar-refractivity contribution in [3.05, 3.63) is 92.3 Å². The number of halogens is 1. The lowest BCUT2D eigenvalue weighted by molar-refractivity contribution is -0.117. The number of anilines is 1. The smallest absolute Gasteiger partial charge is 0.294 e. The summed E-state index contributed by atoms with van der Waals surface area (Å²) in [6.07, 6.45) is 0. The van der Waals surface area contributed by atoms with Crippen LogP contribution in [0.25, 0.3) is 0 Å². The van der Waals surface area contributed by atoms with E-state index in [1.807, 2.05) is 6.92 Å². The Bertz CT molecular complexity index is 1150. The summed E-state index contributed by atoms with van der Waals surface area (Å²) in [5.74, 6) is -0.925. The Morgan fingerprint density at radius 3 is 2.50 bits per heavy atom. The second-order valence-corrected chi connectivity index (χ2v) is 8.21. The molecule has 0 spiro atoms. The lowest BCUT2D eigenvalue weighted by Gasteiger charge is -2.27. The highest BCUT2D eigenvalue weighted by Crippen LogP contribution is 2.43. The van der Waals surface area contributed by atoms with Gasteiger partial charge in [0.15, 0.2) is 5.76 Å². The number of methoxy groups -OCH3 is 1. The van der Waals surface area contributed by atoms with Crippen LogP contribution in [0.2, 0.25) is 5.02 Å². The van der Waals surface area contributed by atoms with Gasteiger partial charge in [-0.15, -0.1) is 11.3 Å². The Morgan fingerprint density at radius 1 is 1.17 bits per heavy atom. The van der Waals surface area contributed by atoms with Gasteiger partial charge in [0.1, 0.15) is 5.75 Å². The highest BCUT2D eigenvalue weighted by molar-refractivity contribution is 7.12. The van der Waals surface area contributed by atoms with Crippen molar-refractivity contribution >= 4 is 40.3 Å². The number of nitrogens with zero attached hydrogens (tertiary/aromatic N) is 1. The van der Waals surface area contributed by atoms with E-state index in [2.05, 4.69) is 0 Å². The van der Waals surface area contributed by atoms with Gasteiger partial charge in [-0.05, 0) is 53.8 Å². The summed E-state index contributed by atoms with van der Waals surface area (Å²) in [4.78, 5) is 28.2. The van der Waals surface area contributed by atoms with E-state index in [-0.39, 0.29) is 11.4 Å². The molecule has 0 saturated heterocycles. The number of benzene rings is 2. The first kappa shape index (κ1) is 20.2. The Labute approximate surface area is 182 Å². The SMILES string of the molecule is COc1ccc(C2C(C(=O)c3cccs3)=C(O)C(=O)N2c2ccc(C)c(Cl)c2)cc1. The number of aliphatic hydroxyl groups is 1. The summed E-state index contributed by atoms with van der Waals surface area (Å²) < 4.78 is 5.22. The van der Waals surface area contributed by atoms with Gasteiger partial charge in [-0.1, -0.05) is 35.9 Å². The van der Waals surface area contributed by atoms with Crippen molar-refractivity contribution < 1.29 is 19.4 Å². The van der Waals surface area contributed by atoms with Crippen LogP contribution in [0.5, 0.6) is 5.75 Å². The monoisotopic (exact) mass is 439 g/mol. The van der Waals surface area contributed by atoms with Crippen LogP contribution < -0.4 is 9.64 Å². The van der Waals surface area contributed by atoms with Gasteiger partial charge >= 0.3 is 0 Å². The van der Waals surface area contributed by atoms with Crippen LogP contribution in [0.4, 0.5) is 5.69 Å². The second-order valence-electron chi connectivity index (χ2n) is 6.85. The molecule has 1 aromatic heterocycles. The van der Waals surface area contributed by atoms with Crippen LogP contribution in [0.15, 0.2) is 71.3 Å². The largest absolute Gasteiger partial charge is 0.503 e. The molecule has 2 aromatic carbocycles. The molecule has 4 rings (SSSR count). The first-order valence-corrected chi connectivity index (χ1v) is 10.4. The van der Waals surface area contributed by atoms with Crippen LogP contribution in [-0.4, -0.2) is 23.9 Å². The van der Waals surface area contributed by atoms with Crippen molar-refractivity contribution in [2.45, 2.75) is 13.0 Å². The summed E-state index contributed by atoms with van der Waals surface area (Å²) in [5.41, 5.74) is 2.08. The van der Waals surface area contributed by atoms with Crippen molar-refractivity contribution in [2.75, 3.05) is 12.0 Å². The second kappa shape index (κ2) is 7.97. The standard InChI is InChI=1S/C23H18ClNO4S/c1-13-5-8-15(12-17(13)24)25-20(14-6-9-16(29-2)10-7-14)19(22(27)23(25)28)21(26)18-4-3-11-30-18/h3-12,20,27H,1-2H3. The molecule has 5 nitrogen and oxygen atoms in total. The predicted molar refractivity (Wildman–Crippen MR) is 118 cm³/mol. The molecule has 0 bridgehead atoms. The maximum atomic E-state index is 13.2. The minimum Gasteiger partial charge on any atom is -0.503 e. The van der Waals surface area contributed by atoms with Crippen molar-refractivity contribution in [1.82, 2.24) is 0 Å². The number of carbonyl (C=O) groups is 2. The summed E-state index contributed by atoms with van der Waals surface area (Å²) in [5, 5.41) is 13.0. The fourth-order valence-corrected chi connectivity index (χ4v) is 4.33. The molecule has 1 aliphatic heterocycles. The number of Topliss-reactive ketones (excluding diaryl/α,β-unsaturated/α-hetero) is 1. The van der Waals surface area contributed by atoms with Gasteiger partial charge in [0, 0.05) is 10.7 Å². The molecular weight excluding hydrogens is 422 g/mol. The number of hydrogen-bond acceptors (Lipinski definition) is 5. The van der Waals surface area contributed by atoms with Gasteiger partial charge in [-0.3, -0.25) is 14.5 Å². The zero-order valence-electron chi connectivity index (χ0n) is 16.3. The van der Waals surface area contributed by atoms with Crippen LogP contribution in [0, 0.1) is 6.92 Å². The number of aliphatic hydroxyl groups excluding tert-OH is 1. The van der Waals surface area contributed by atoms with Crippen molar-refractivity contribution in [1.29, 1.82) is 0 Å². The quantitative estimate of drug-likeness (QED) is 0.533. The topological polar surface area (TPSA) is 66.8 Å². The van der Waals surface area contributed by atoms with E-state index in [1.165, 1.54) is 16.2 Å². The lowest BCUT2D eigenvalue weighted by Crippen LogP contribution is -2.31. The molecule has 1 atom stereocenters. The molecule has 1 unspecified atom stereocenters. The third kappa shape index (κ3) is 3.38. The normalized spacial score (nSPS) is 16.3. The molecule has 3 aromatic rings. The number of carbonyl (C=O) groups excluding carboxylic acids is 2. The van der Waals surface area contributed by atoms with Crippen molar-refractivity contribution in [3.63, 3.8) is 0 Å². The summed E-state index contributed by atoms with van der Waals surface area (Å²) in [6, 6.07) is 14.9. The van der Waals surface area contributed by atoms with Crippen LogP contribution in [0.1, 0.15) is 26.8 Å². The number of rotatable bonds is 5. The molecule has 7 heteroatoms. The zero-order valence-corrected chi connectivity index (χ0v) is 17.8. The van der Waals surface area contributed by atoms with Crippen LogP contribution in [-0.2, 0) is 4.79 Å². The van der Waals surface area contributed by atoms with Gasteiger partial charge in [0.2, 0.25) is 5.78 Å². The maximum absolute atomic E-state index is 13.2. The summed E-state index contributed by atoms with van der Waals surface area (Å²) in [7, 11) is 1.56. The Morgan fingerprint density at radius 2 is 1.90 bits per heavy atom. The molecule has 30 heavy (non-hydrogen) atoms. The molecule has 2 heterocycles. The number of hydrogen-bond donors (Lipinski definition) is 1. The van der Waals surface area contributed by atoms with Gasteiger partial charge in [0.05, 0.1) is 23.6 Å². The number of ether oxygens (including phenoxy) is 1. The lowest BCUT2D eigenvalue weighted by atomic mass is 9.95. The Balaban J connectivity index is 1.88. The van der Waals surface area contributed by atoms with E-state index in [0.29, 0.717) is 26.9 Å². The van der Waals surface area contributed by atoms with Gasteiger partial charge in [0.25, 0.3) is 5.91 Å². The van der Waals surface area contributed by atoms with E-state index in [9.17, 15) is 14.7 Å². The first-order chi connectivity index (χ1) is 14.4. The molecule has 0 fully saturated rings. The first-order valence-electron chi connectivity index (χ1n) is 9.17. The van der Waals surface area contributed by atoms with Crippen LogP contribution >= 0.6 is 22.9 Å². The molecular formula is C23H18ClNO4S. The fraction of sp³-hybridized carbons (Fsp3) is 0.130. The average molecular weight is 440 g/mol. The van der Waals surface area contributed by atoms with E-state index >= 15 is 0 Å². The highest BCUT2D eigenvalue weighted by atomic mass is 35.5. The third-order valence-electron chi connectivity index (χ3n) is 5.06. The molecule has 152 valence electrons. The molecule has 1 amide bonds. The maximum Gasteiger partial charge on any atom is 0.294 e. The molecule has 0 saturated carbocycles. The Kier molecular flexibility index (Phi) is 5.37. The number of thiophene rings is 1. The van der Waals surface area contributed by atoms with Gasteiger partial charge < -0.3 is 9.84 Å².